The predicted octanol–water partition coefficient (Wildman–Crippen LogP) is 3.38. The molecule has 0 aliphatic carbocycles. The van der Waals surface area contributed by atoms with Gasteiger partial charge in [-0.05, 0) is 38.5 Å². The van der Waals surface area contributed by atoms with Crippen molar-refractivity contribution >= 4 is 21.8 Å². The first kappa shape index (κ1) is 14.0. The van der Waals surface area contributed by atoms with Crippen molar-refractivity contribution in [2.45, 2.75) is 32.7 Å². The van der Waals surface area contributed by atoms with Crippen LogP contribution < -0.4 is 10.1 Å². The zero-order valence-corrected chi connectivity index (χ0v) is 12.2. The Bertz CT molecular complexity index is 416. The molecule has 1 aromatic carbocycles. The molecule has 1 amide bonds. The van der Waals surface area contributed by atoms with Crippen molar-refractivity contribution < 1.29 is 9.53 Å². The Morgan fingerprint density at radius 2 is 2.12 bits per heavy atom. The number of nitrogens with one attached hydrogen (secondary N) is 1. The SMILES string of the molecule is CCC(C)(C)NC(=O)c1ccc(Br)cc1OC. The Hall–Kier alpha value is -1.03. The summed E-state index contributed by atoms with van der Waals surface area (Å²) in [6.07, 6.45) is 0.873. The number of carbonyl (C=O) groups is 1. The highest BCUT2D eigenvalue weighted by molar-refractivity contribution is 9.10. The van der Waals surface area contributed by atoms with Crippen molar-refractivity contribution in [3.05, 3.63) is 28.2 Å². The van der Waals surface area contributed by atoms with Crippen LogP contribution in [0, 0.1) is 0 Å². The molecule has 0 unspecified atom stereocenters. The van der Waals surface area contributed by atoms with Gasteiger partial charge in [0.15, 0.2) is 0 Å². The molecule has 0 aromatic heterocycles. The van der Waals surface area contributed by atoms with Gasteiger partial charge in [-0.25, -0.2) is 0 Å². The number of rotatable bonds is 4. The molecule has 0 saturated carbocycles. The molecule has 1 aromatic rings. The molecular formula is C13H18BrNO2. The molecule has 0 spiro atoms. The quantitative estimate of drug-likeness (QED) is 0.925. The standard InChI is InChI=1S/C13H18BrNO2/c1-5-13(2,3)15-12(16)10-7-6-9(14)8-11(10)17-4/h6-8H,5H2,1-4H3,(H,15,16). The summed E-state index contributed by atoms with van der Waals surface area (Å²) in [5.41, 5.74) is 0.340. The highest BCUT2D eigenvalue weighted by Crippen LogP contribution is 2.24. The van der Waals surface area contributed by atoms with Crippen LogP contribution in [0.4, 0.5) is 0 Å². The normalized spacial score (nSPS) is 11.1. The van der Waals surface area contributed by atoms with Crippen LogP contribution in [-0.2, 0) is 0 Å². The lowest BCUT2D eigenvalue weighted by atomic mass is 10.0. The highest BCUT2D eigenvalue weighted by Gasteiger charge is 2.21. The minimum Gasteiger partial charge on any atom is -0.496 e. The largest absolute Gasteiger partial charge is 0.496 e. The van der Waals surface area contributed by atoms with Gasteiger partial charge in [-0.1, -0.05) is 22.9 Å². The Morgan fingerprint density at radius 3 is 2.65 bits per heavy atom. The first-order chi connectivity index (χ1) is 7.89. The first-order valence-corrected chi connectivity index (χ1v) is 6.35. The fraction of sp³-hybridized carbons (Fsp3) is 0.462. The number of carbonyl (C=O) groups excluding carboxylic acids is 1. The van der Waals surface area contributed by atoms with Gasteiger partial charge in [-0.15, -0.1) is 0 Å². The van der Waals surface area contributed by atoms with E-state index < -0.39 is 0 Å². The molecule has 0 fully saturated rings. The van der Waals surface area contributed by atoms with Crippen LogP contribution in [0.2, 0.25) is 0 Å². The third kappa shape index (κ3) is 3.73. The Morgan fingerprint density at radius 1 is 1.47 bits per heavy atom. The number of halogens is 1. The van der Waals surface area contributed by atoms with E-state index in [4.69, 9.17) is 4.74 Å². The van der Waals surface area contributed by atoms with E-state index in [0.29, 0.717) is 11.3 Å². The van der Waals surface area contributed by atoms with Gasteiger partial charge in [-0.2, -0.15) is 0 Å². The molecule has 94 valence electrons. The second-order valence-electron chi connectivity index (χ2n) is 4.54. The van der Waals surface area contributed by atoms with E-state index >= 15 is 0 Å². The Kier molecular flexibility index (Phi) is 4.57. The number of benzene rings is 1. The summed E-state index contributed by atoms with van der Waals surface area (Å²) in [6, 6.07) is 5.37. The number of amides is 1. The van der Waals surface area contributed by atoms with Crippen LogP contribution in [0.25, 0.3) is 0 Å². The van der Waals surface area contributed by atoms with Crippen molar-refractivity contribution in [1.82, 2.24) is 5.32 Å². The monoisotopic (exact) mass is 299 g/mol. The van der Waals surface area contributed by atoms with Gasteiger partial charge < -0.3 is 10.1 Å². The van der Waals surface area contributed by atoms with E-state index in [2.05, 4.69) is 21.2 Å². The van der Waals surface area contributed by atoms with E-state index in [9.17, 15) is 4.79 Å². The second-order valence-corrected chi connectivity index (χ2v) is 5.45. The van der Waals surface area contributed by atoms with Gasteiger partial charge in [0.2, 0.25) is 0 Å². The minimum atomic E-state index is -0.213. The van der Waals surface area contributed by atoms with Crippen molar-refractivity contribution in [3.63, 3.8) is 0 Å². The molecule has 0 aliphatic rings. The molecule has 0 saturated heterocycles. The van der Waals surface area contributed by atoms with Crippen LogP contribution >= 0.6 is 15.9 Å². The molecule has 1 rings (SSSR count). The zero-order valence-electron chi connectivity index (χ0n) is 10.6. The third-order valence-electron chi connectivity index (χ3n) is 2.74. The van der Waals surface area contributed by atoms with Gasteiger partial charge >= 0.3 is 0 Å². The van der Waals surface area contributed by atoms with Crippen LogP contribution in [0.3, 0.4) is 0 Å². The van der Waals surface area contributed by atoms with Crippen LogP contribution in [0.15, 0.2) is 22.7 Å². The van der Waals surface area contributed by atoms with Gasteiger partial charge in [0.25, 0.3) is 5.91 Å². The van der Waals surface area contributed by atoms with E-state index in [0.717, 1.165) is 10.9 Å². The lowest BCUT2D eigenvalue weighted by Gasteiger charge is -2.24. The molecule has 0 atom stereocenters. The summed E-state index contributed by atoms with van der Waals surface area (Å²) in [5, 5.41) is 2.98. The summed E-state index contributed by atoms with van der Waals surface area (Å²) < 4.78 is 6.09. The number of hydrogen-bond acceptors (Lipinski definition) is 2. The lowest BCUT2D eigenvalue weighted by Crippen LogP contribution is -2.42. The molecular weight excluding hydrogens is 282 g/mol. The maximum absolute atomic E-state index is 12.1. The van der Waals surface area contributed by atoms with Gasteiger partial charge in [-0.3, -0.25) is 4.79 Å². The van der Waals surface area contributed by atoms with E-state index in [1.807, 2.05) is 26.8 Å². The molecule has 3 nitrogen and oxygen atoms in total. The Labute approximate surface area is 111 Å². The van der Waals surface area contributed by atoms with Crippen molar-refractivity contribution in [1.29, 1.82) is 0 Å². The lowest BCUT2D eigenvalue weighted by molar-refractivity contribution is 0.0908. The van der Waals surface area contributed by atoms with Crippen LogP contribution in [0.1, 0.15) is 37.6 Å². The Balaban J connectivity index is 2.96. The van der Waals surface area contributed by atoms with Gasteiger partial charge in [0, 0.05) is 10.0 Å². The van der Waals surface area contributed by atoms with E-state index in [1.165, 1.54) is 0 Å². The maximum atomic E-state index is 12.1. The van der Waals surface area contributed by atoms with Crippen LogP contribution in [0.5, 0.6) is 5.75 Å². The second kappa shape index (κ2) is 5.54. The molecule has 0 bridgehead atoms. The molecule has 4 heteroatoms. The zero-order chi connectivity index (χ0) is 13.1. The minimum absolute atomic E-state index is 0.110. The summed E-state index contributed by atoms with van der Waals surface area (Å²) in [6.45, 7) is 6.03. The fourth-order valence-electron chi connectivity index (χ4n) is 1.32. The summed E-state index contributed by atoms with van der Waals surface area (Å²) >= 11 is 3.35. The summed E-state index contributed by atoms with van der Waals surface area (Å²) in [4.78, 5) is 12.1. The van der Waals surface area contributed by atoms with Gasteiger partial charge in [0.1, 0.15) is 5.75 Å². The van der Waals surface area contributed by atoms with Crippen LogP contribution in [-0.4, -0.2) is 18.6 Å². The number of ether oxygens (including phenoxy) is 1. The smallest absolute Gasteiger partial charge is 0.255 e. The molecule has 1 N–H and O–H groups in total. The summed E-state index contributed by atoms with van der Waals surface area (Å²) in [5.74, 6) is 0.463. The number of hydrogen-bond donors (Lipinski definition) is 1. The summed E-state index contributed by atoms with van der Waals surface area (Å²) in [7, 11) is 1.56. The molecule has 0 aliphatic heterocycles. The highest BCUT2D eigenvalue weighted by atomic mass is 79.9. The molecule has 0 radical (unpaired) electrons. The first-order valence-electron chi connectivity index (χ1n) is 5.55. The number of methoxy groups -OCH3 is 1. The van der Waals surface area contributed by atoms with Gasteiger partial charge in [0.05, 0.1) is 12.7 Å². The van der Waals surface area contributed by atoms with E-state index in [1.54, 1.807) is 19.2 Å². The fourth-order valence-corrected chi connectivity index (χ4v) is 1.66. The average molecular weight is 300 g/mol. The van der Waals surface area contributed by atoms with Crippen molar-refractivity contribution in [3.8, 4) is 5.75 Å². The maximum Gasteiger partial charge on any atom is 0.255 e. The topological polar surface area (TPSA) is 38.3 Å². The average Bonchev–Trinajstić information content (AvgIpc) is 2.28. The van der Waals surface area contributed by atoms with Crippen molar-refractivity contribution in [2.24, 2.45) is 0 Å². The third-order valence-corrected chi connectivity index (χ3v) is 3.24. The molecule has 0 heterocycles. The molecule has 17 heavy (non-hydrogen) atoms. The van der Waals surface area contributed by atoms with Crippen molar-refractivity contribution in [2.75, 3.05) is 7.11 Å². The predicted molar refractivity (Wildman–Crippen MR) is 72.5 cm³/mol. The van der Waals surface area contributed by atoms with E-state index in [-0.39, 0.29) is 11.4 Å².